The van der Waals surface area contributed by atoms with Gasteiger partial charge in [-0.2, -0.15) is 0 Å². The summed E-state index contributed by atoms with van der Waals surface area (Å²) in [5.41, 5.74) is 4.52. The molecule has 2 rings (SSSR count). The molecule has 6 nitrogen and oxygen atoms in total. The highest BCUT2D eigenvalue weighted by Gasteiger charge is 2.16. The third-order valence-corrected chi connectivity index (χ3v) is 5.23. The molecule has 1 amide bonds. The van der Waals surface area contributed by atoms with Crippen LogP contribution >= 0.6 is 0 Å². The number of fused-ring (bicyclic) bond motifs is 1. The van der Waals surface area contributed by atoms with Gasteiger partial charge in [-0.1, -0.05) is 25.1 Å². The first kappa shape index (κ1) is 23.8. The standard InChI is InChI=1S/C24H36N4O2/c1-6-7-8-9-10-23-25-21-17-20(12-14-24(29)26-30)11-13-22(21)28(23)16-15-27(18(2)3)19(4)5/h7-8,11-14,17-19,30H,6,9-10,15-16H2,1-5H3,(H,26,29)/b8-7+,14-12+. The van der Waals surface area contributed by atoms with Crippen LogP contribution in [0.5, 0.6) is 0 Å². The van der Waals surface area contributed by atoms with Crippen LogP contribution in [0.25, 0.3) is 17.1 Å². The van der Waals surface area contributed by atoms with E-state index in [1.54, 1.807) is 11.6 Å². The minimum absolute atomic E-state index is 0.491. The summed E-state index contributed by atoms with van der Waals surface area (Å²) in [4.78, 5) is 18.7. The maximum Gasteiger partial charge on any atom is 0.267 e. The van der Waals surface area contributed by atoms with Gasteiger partial charge in [0, 0.05) is 37.7 Å². The number of amides is 1. The largest absolute Gasteiger partial charge is 0.327 e. The topological polar surface area (TPSA) is 70.4 Å². The van der Waals surface area contributed by atoms with Crippen molar-refractivity contribution < 1.29 is 10.0 Å². The average Bonchev–Trinajstić information content (AvgIpc) is 3.05. The summed E-state index contributed by atoms with van der Waals surface area (Å²) < 4.78 is 2.33. The van der Waals surface area contributed by atoms with E-state index in [9.17, 15) is 4.79 Å². The van der Waals surface area contributed by atoms with E-state index in [4.69, 9.17) is 10.2 Å². The zero-order chi connectivity index (χ0) is 22.1. The summed E-state index contributed by atoms with van der Waals surface area (Å²) in [6, 6.07) is 7.01. The Hall–Kier alpha value is -2.44. The number of hydrogen-bond donors (Lipinski definition) is 2. The predicted octanol–water partition coefficient (Wildman–Crippen LogP) is 4.57. The van der Waals surface area contributed by atoms with Crippen molar-refractivity contribution in [1.82, 2.24) is 19.9 Å². The summed E-state index contributed by atoms with van der Waals surface area (Å²) in [5.74, 6) is 0.541. The maximum atomic E-state index is 11.3. The molecule has 0 unspecified atom stereocenters. The summed E-state index contributed by atoms with van der Waals surface area (Å²) in [6.45, 7) is 13.0. The number of aryl methyl sites for hydroxylation is 1. The van der Waals surface area contributed by atoms with Gasteiger partial charge in [-0.25, -0.2) is 10.5 Å². The fourth-order valence-corrected chi connectivity index (χ4v) is 3.78. The monoisotopic (exact) mass is 412 g/mol. The second-order valence-corrected chi connectivity index (χ2v) is 8.08. The van der Waals surface area contributed by atoms with Gasteiger partial charge in [0.15, 0.2) is 0 Å². The van der Waals surface area contributed by atoms with Crippen molar-refractivity contribution in [2.24, 2.45) is 0 Å². The van der Waals surface area contributed by atoms with Gasteiger partial charge in [-0.3, -0.25) is 14.9 Å². The van der Waals surface area contributed by atoms with Gasteiger partial charge in [0.2, 0.25) is 0 Å². The van der Waals surface area contributed by atoms with Gasteiger partial charge >= 0.3 is 0 Å². The number of nitrogens with one attached hydrogen (secondary N) is 1. The van der Waals surface area contributed by atoms with Gasteiger partial charge in [-0.05, 0) is 64.3 Å². The highest BCUT2D eigenvalue weighted by Crippen LogP contribution is 2.21. The first-order valence-corrected chi connectivity index (χ1v) is 10.9. The number of carbonyl (C=O) groups excluding carboxylic acids is 1. The molecule has 0 aliphatic rings. The Kier molecular flexibility index (Phi) is 9.27. The van der Waals surface area contributed by atoms with E-state index in [0.717, 1.165) is 54.8 Å². The fourth-order valence-electron chi connectivity index (χ4n) is 3.78. The number of allylic oxidation sites excluding steroid dienone is 2. The number of rotatable bonds is 11. The maximum absolute atomic E-state index is 11.3. The molecule has 0 spiro atoms. The van der Waals surface area contributed by atoms with Crippen LogP contribution in [0, 0.1) is 0 Å². The van der Waals surface area contributed by atoms with Gasteiger partial charge in [0.25, 0.3) is 5.91 Å². The zero-order valence-corrected chi connectivity index (χ0v) is 18.9. The lowest BCUT2D eigenvalue weighted by Crippen LogP contribution is -2.39. The summed E-state index contributed by atoms with van der Waals surface area (Å²) in [7, 11) is 0. The average molecular weight is 413 g/mol. The summed E-state index contributed by atoms with van der Waals surface area (Å²) >= 11 is 0. The van der Waals surface area contributed by atoms with Crippen molar-refractivity contribution in [2.75, 3.05) is 6.54 Å². The molecule has 1 heterocycles. The minimum Gasteiger partial charge on any atom is -0.327 e. The third kappa shape index (κ3) is 6.54. The Balaban J connectivity index is 2.33. The molecule has 0 atom stereocenters. The SMILES string of the molecule is CC/C=C/CCc1nc2cc(/C=C/C(=O)NO)ccc2n1CCN(C(C)C)C(C)C. The predicted molar refractivity (Wildman–Crippen MR) is 123 cm³/mol. The number of aromatic nitrogens is 2. The molecule has 2 aromatic rings. The normalized spacial score (nSPS) is 12.4. The molecule has 0 aliphatic carbocycles. The Labute approximate surface area is 180 Å². The van der Waals surface area contributed by atoms with E-state index in [1.807, 2.05) is 12.1 Å². The Morgan fingerprint density at radius 1 is 1.23 bits per heavy atom. The molecule has 0 fully saturated rings. The van der Waals surface area contributed by atoms with E-state index in [1.165, 1.54) is 6.08 Å². The summed E-state index contributed by atoms with van der Waals surface area (Å²) in [6.07, 6.45) is 10.3. The van der Waals surface area contributed by atoms with Crippen LogP contribution in [0.15, 0.2) is 36.4 Å². The second kappa shape index (κ2) is 11.7. The molecule has 0 saturated carbocycles. The molecular formula is C24H36N4O2. The van der Waals surface area contributed by atoms with Crippen molar-refractivity contribution in [3.63, 3.8) is 0 Å². The van der Waals surface area contributed by atoms with Crippen LogP contribution < -0.4 is 5.48 Å². The molecule has 0 saturated heterocycles. The lowest BCUT2D eigenvalue weighted by atomic mass is 10.2. The minimum atomic E-state index is -0.550. The number of nitrogens with zero attached hydrogens (tertiary/aromatic N) is 3. The molecule has 0 bridgehead atoms. The van der Waals surface area contributed by atoms with Crippen molar-refractivity contribution in [3.05, 3.63) is 47.8 Å². The van der Waals surface area contributed by atoms with Crippen molar-refractivity contribution in [2.45, 2.75) is 72.5 Å². The molecule has 30 heavy (non-hydrogen) atoms. The number of benzene rings is 1. The van der Waals surface area contributed by atoms with Crippen LogP contribution in [-0.4, -0.2) is 44.2 Å². The van der Waals surface area contributed by atoms with E-state index in [2.05, 4.69) is 62.3 Å². The number of hydrogen-bond acceptors (Lipinski definition) is 4. The smallest absolute Gasteiger partial charge is 0.267 e. The molecule has 0 radical (unpaired) electrons. The van der Waals surface area contributed by atoms with Crippen LogP contribution in [-0.2, 0) is 17.8 Å². The van der Waals surface area contributed by atoms with Crippen LogP contribution in [0.1, 0.15) is 58.8 Å². The first-order valence-electron chi connectivity index (χ1n) is 10.9. The Morgan fingerprint density at radius 2 is 1.97 bits per heavy atom. The molecule has 2 N–H and O–H groups in total. The number of carbonyl (C=O) groups is 1. The number of imidazole rings is 1. The molecular weight excluding hydrogens is 376 g/mol. The van der Waals surface area contributed by atoms with Crippen molar-refractivity contribution >= 4 is 23.0 Å². The summed E-state index contributed by atoms with van der Waals surface area (Å²) in [5, 5.41) is 8.65. The highest BCUT2D eigenvalue weighted by molar-refractivity contribution is 5.91. The van der Waals surface area contributed by atoms with Gasteiger partial charge in [0.05, 0.1) is 11.0 Å². The van der Waals surface area contributed by atoms with Crippen LogP contribution in [0.2, 0.25) is 0 Å². The Morgan fingerprint density at radius 3 is 2.60 bits per heavy atom. The van der Waals surface area contributed by atoms with Gasteiger partial charge < -0.3 is 4.57 Å². The van der Waals surface area contributed by atoms with Crippen molar-refractivity contribution in [3.8, 4) is 0 Å². The molecule has 6 heteroatoms. The highest BCUT2D eigenvalue weighted by atomic mass is 16.5. The van der Waals surface area contributed by atoms with Crippen LogP contribution in [0.4, 0.5) is 0 Å². The first-order chi connectivity index (χ1) is 14.4. The van der Waals surface area contributed by atoms with Gasteiger partial charge in [0.1, 0.15) is 5.82 Å². The lowest BCUT2D eigenvalue weighted by Gasteiger charge is -2.30. The lowest BCUT2D eigenvalue weighted by molar-refractivity contribution is -0.124. The van der Waals surface area contributed by atoms with E-state index in [-0.39, 0.29) is 0 Å². The van der Waals surface area contributed by atoms with Gasteiger partial charge in [-0.15, -0.1) is 0 Å². The molecule has 0 aliphatic heterocycles. The quantitative estimate of drug-likeness (QED) is 0.245. The molecule has 1 aromatic carbocycles. The Bertz CT molecular complexity index is 873. The second-order valence-electron chi connectivity index (χ2n) is 8.08. The van der Waals surface area contributed by atoms with Crippen LogP contribution in [0.3, 0.4) is 0 Å². The van der Waals surface area contributed by atoms with E-state index >= 15 is 0 Å². The third-order valence-electron chi connectivity index (χ3n) is 5.23. The molecule has 1 aromatic heterocycles. The van der Waals surface area contributed by atoms with Crippen molar-refractivity contribution in [1.29, 1.82) is 0 Å². The number of hydroxylamine groups is 1. The van der Waals surface area contributed by atoms with E-state index in [0.29, 0.717) is 12.1 Å². The zero-order valence-electron chi connectivity index (χ0n) is 18.9. The molecule has 164 valence electrons. The van der Waals surface area contributed by atoms with E-state index < -0.39 is 5.91 Å². The fraction of sp³-hybridized carbons (Fsp3) is 0.500.